The Bertz CT molecular complexity index is 371. The van der Waals surface area contributed by atoms with Gasteiger partial charge in [-0.3, -0.25) is 0 Å². The van der Waals surface area contributed by atoms with Crippen molar-refractivity contribution in [3.8, 4) is 5.75 Å². The average molecular weight is 232 g/mol. The van der Waals surface area contributed by atoms with E-state index in [0.717, 1.165) is 18.8 Å². The van der Waals surface area contributed by atoms with Gasteiger partial charge in [0, 0.05) is 0 Å². The lowest BCUT2D eigenvalue weighted by atomic mass is 9.90. The fourth-order valence-corrected chi connectivity index (χ4v) is 2.67. The number of hydrogen-bond acceptors (Lipinski definition) is 2. The van der Waals surface area contributed by atoms with E-state index in [-0.39, 0.29) is 0 Å². The van der Waals surface area contributed by atoms with E-state index in [0.29, 0.717) is 18.1 Å². The van der Waals surface area contributed by atoms with Crippen LogP contribution in [0, 0.1) is 5.92 Å². The lowest BCUT2D eigenvalue weighted by Crippen LogP contribution is -2.19. The SMILES string of the molecule is CCc1ccc(OCC2CCC3OC3C2)cc1. The summed E-state index contributed by atoms with van der Waals surface area (Å²) in [6.07, 6.45) is 5.91. The Labute approximate surface area is 103 Å². The van der Waals surface area contributed by atoms with Gasteiger partial charge in [-0.25, -0.2) is 0 Å². The lowest BCUT2D eigenvalue weighted by molar-refractivity contribution is 0.217. The van der Waals surface area contributed by atoms with Crippen LogP contribution in [0.4, 0.5) is 0 Å². The quantitative estimate of drug-likeness (QED) is 0.744. The van der Waals surface area contributed by atoms with Gasteiger partial charge in [-0.15, -0.1) is 0 Å². The predicted octanol–water partition coefficient (Wildman–Crippen LogP) is 3.20. The highest BCUT2D eigenvalue weighted by atomic mass is 16.6. The zero-order chi connectivity index (χ0) is 11.7. The van der Waals surface area contributed by atoms with Gasteiger partial charge in [-0.1, -0.05) is 19.1 Å². The van der Waals surface area contributed by atoms with Crippen molar-refractivity contribution in [2.24, 2.45) is 5.92 Å². The summed E-state index contributed by atoms with van der Waals surface area (Å²) in [6.45, 7) is 3.02. The Balaban J connectivity index is 1.49. The van der Waals surface area contributed by atoms with Crippen LogP contribution in [-0.2, 0) is 11.2 Å². The zero-order valence-corrected chi connectivity index (χ0v) is 10.4. The molecule has 0 radical (unpaired) electrons. The maximum Gasteiger partial charge on any atom is 0.119 e. The molecule has 92 valence electrons. The van der Waals surface area contributed by atoms with E-state index in [9.17, 15) is 0 Å². The molecule has 1 saturated heterocycles. The maximum absolute atomic E-state index is 5.86. The molecule has 2 heteroatoms. The third-order valence-corrected chi connectivity index (χ3v) is 3.93. The molecular formula is C15H20O2. The number of hydrogen-bond donors (Lipinski definition) is 0. The van der Waals surface area contributed by atoms with Gasteiger partial charge in [0.15, 0.2) is 0 Å². The second-order valence-electron chi connectivity index (χ2n) is 5.20. The monoisotopic (exact) mass is 232 g/mol. The van der Waals surface area contributed by atoms with Crippen molar-refractivity contribution in [3.05, 3.63) is 29.8 Å². The Morgan fingerprint density at radius 2 is 2.00 bits per heavy atom. The van der Waals surface area contributed by atoms with Crippen LogP contribution in [-0.4, -0.2) is 18.8 Å². The van der Waals surface area contributed by atoms with Gasteiger partial charge in [-0.2, -0.15) is 0 Å². The molecule has 1 saturated carbocycles. The normalized spacial score (nSPS) is 30.8. The van der Waals surface area contributed by atoms with Crippen LogP contribution < -0.4 is 4.74 Å². The number of epoxide rings is 1. The van der Waals surface area contributed by atoms with Gasteiger partial charge in [0.25, 0.3) is 0 Å². The average Bonchev–Trinajstić information content (AvgIpc) is 3.15. The molecule has 1 aliphatic carbocycles. The van der Waals surface area contributed by atoms with Crippen molar-refractivity contribution in [2.45, 2.75) is 44.8 Å². The third-order valence-electron chi connectivity index (χ3n) is 3.93. The third kappa shape index (κ3) is 2.63. The van der Waals surface area contributed by atoms with Gasteiger partial charge < -0.3 is 9.47 Å². The summed E-state index contributed by atoms with van der Waals surface area (Å²) in [5.41, 5.74) is 1.37. The van der Waals surface area contributed by atoms with Crippen molar-refractivity contribution in [1.82, 2.24) is 0 Å². The molecule has 2 fully saturated rings. The molecule has 3 atom stereocenters. The first-order valence-electron chi connectivity index (χ1n) is 6.72. The van der Waals surface area contributed by atoms with Gasteiger partial charge in [0.1, 0.15) is 5.75 Å². The Morgan fingerprint density at radius 1 is 1.18 bits per heavy atom. The molecular weight excluding hydrogens is 212 g/mol. The second-order valence-corrected chi connectivity index (χ2v) is 5.20. The van der Waals surface area contributed by atoms with E-state index in [1.807, 2.05) is 0 Å². The highest BCUT2D eigenvalue weighted by molar-refractivity contribution is 5.27. The molecule has 1 aromatic carbocycles. The molecule has 1 aliphatic heterocycles. The maximum atomic E-state index is 5.86. The summed E-state index contributed by atoms with van der Waals surface area (Å²) in [5.74, 6) is 1.69. The molecule has 0 aromatic heterocycles. The molecule has 2 aliphatic rings. The zero-order valence-electron chi connectivity index (χ0n) is 10.4. The predicted molar refractivity (Wildman–Crippen MR) is 67.3 cm³/mol. The summed E-state index contributed by atoms with van der Waals surface area (Å²) in [4.78, 5) is 0. The smallest absolute Gasteiger partial charge is 0.119 e. The topological polar surface area (TPSA) is 21.8 Å². The molecule has 1 aromatic rings. The van der Waals surface area contributed by atoms with Gasteiger partial charge in [0.2, 0.25) is 0 Å². The van der Waals surface area contributed by atoms with Gasteiger partial charge >= 0.3 is 0 Å². The summed E-state index contributed by atoms with van der Waals surface area (Å²) in [7, 11) is 0. The van der Waals surface area contributed by atoms with Crippen LogP contribution in [0.3, 0.4) is 0 Å². The largest absolute Gasteiger partial charge is 0.493 e. The van der Waals surface area contributed by atoms with Crippen LogP contribution in [0.25, 0.3) is 0 Å². The minimum absolute atomic E-state index is 0.555. The first-order valence-corrected chi connectivity index (χ1v) is 6.72. The standard InChI is InChI=1S/C15H20O2/c1-2-11-3-6-13(7-4-11)16-10-12-5-8-14-15(9-12)17-14/h3-4,6-7,12,14-15H,2,5,8-10H2,1H3. The van der Waals surface area contributed by atoms with Crippen LogP contribution >= 0.6 is 0 Å². The number of benzene rings is 1. The molecule has 0 amide bonds. The van der Waals surface area contributed by atoms with E-state index >= 15 is 0 Å². The van der Waals surface area contributed by atoms with Crippen molar-refractivity contribution in [2.75, 3.05) is 6.61 Å². The minimum Gasteiger partial charge on any atom is -0.493 e. The summed E-state index contributed by atoms with van der Waals surface area (Å²) >= 11 is 0. The van der Waals surface area contributed by atoms with E-state index in [4.69, 9.17) is 9.47 Å². The molecule has 3 unspecified atom stereocenters. The van der Waals surface area contributed by atoms with E-state index in [1.54, 1.807) is 0 Å². The van der Waals surface area contributed by atoms with Crippen LogP contribution in [0.2, 0.25) is 0 Å². The molecule has 3 rings (SSSR count). The van der Waals surface area contributed by atoms with Crippen molar-refractivity contribution in [3.63, 3.8) is 0 Å². The fraction of sp³-hybridized carbons (Fsp3) is 0.600. The number of ether oxygens (including phenoxy) is 2. The fourth-order valence-electron chi connectivity index (χ4n) is 2.67. The second kappa shape index (κ2) is 4.69. The van der Waals surface area contributed by atoms with Crippen LogP contribution in [0.1, 0.15) is 31.7 Å². The summed E-state index contributed by atoms with van der Waals surface area (Å²) in [6, 6.07) is 8.46. The highest BCUT2D eigenvalue weighted by Crippen LogP contribution is 2.39. The van der Waals surface area contributed by atoms with Gasteiger partial charge in [0.05, 0.1) is 18.8 Å². The van der Waals surface area contributed by atoms with Gasteiger partial charge in [-0.05, 0) is 49.3 Å². The number of aryl methyl sites for hydroxylation is 1. The van der Waals surface area contributed by atoms with E-state index < -0.39 is 0 Å². The van der Waals surface area contributed by atoms with E-state index in [1.165, 1.54) is 24.8 Å². The van der Waals surface area contributed by atoms with Crippen molar-refractivity contribution in [1.29, 1.82) is 0 Å². The first kappa shape index (κ1) is 11.1. The highest BCUT2D eigenvalue weighted by Gasteiger charge is 2.43. The first-order chi connectivity index (χ1) is 8.35. The molecule has 0 bridgehead atoms. The Hall–Kier alpha value is -1.02. The Morgan fingerprint density at radius 3 is 2.71 bits per heavy atom. The molecule has 0 N–H and O–H groups in total. The molecule has 1 heterocycles. The minimum atomic E-state index is 0.555. The summed E-state index contributed by atoms with van der Waals surface area (Å²) in [5, 5.41) is 0. The van der Waals surface area contributed by atoms with E-state index in [2.05, 4.69) is 31.2 Å². The number of fused-ring (bicyclic) bond motifs is 1. The summed E-state index contributed by atoms with van der Waals surface area (Å²) < 4.78 is 11.4. The molecule has 2 nitrogen and oxygen atoms in total. The lowest BCUT2D eigenvalue weighted by Gasteiger charge is -2.19. The molecule has 0 spiro atoms. The number of rotatable bonds is 4. The van der Waals surface area contributed by atoms with Crippen LogP contribution in [0.5, 0.6) is 5.75 Å². The van der Waals surface area contributed by atoms with Crippen molar-refractivity contribution >= 4 is 0 Å². The van der Waals surface area contributed by atoms with Crippen LogP contribution in [0.15, 0.2) is 24.3 Å². The van der Waals surface area contributed by atoms with Crippen molar-refractivity contribution < 1.29 is 9.47 Å². The molecule has 17 heavy (non-hydrogen) atoms. The Kier molecular flexibility index (Phi) is 3.06.